The minimum atomic E-state index is -0.423. The van der Waals surface area contributed by atoms with E-state index in [0.29, 0.717) is 12.0 Å². The highest BCUT2D eigenvalue weighted by molar-refractivity contribution is 5.93. The van der Waals surface area contributed by atoms with Crippen molar-refractivity contribution in [2.45, 2.75) is 57.0 Å². The highest BCUT2D eigenvalue weighted by Crippen LogP contribution is 2.36. The third-order valence-electron chi connectivity index (χ3n) is 4.72. The predicted octanol–water partition coefficient (Wildman–Crippen LogP) is 2.49. The lowest BCUT2D eigenvalue weighted by atomic mass is 9.77. The summed E-state index contributed by atoms with van der Waals surface area (Å²) < 4.78 is 2.08. The first-order valence-electron chi connectivity index (χ1n) is 7.74. The van der Waals surface area contributed by atoms with E-state index < -0.39 is 5.54 Å². The van der Waals surface area contributed by atoms with Gasteiger partial charge in [-0.2, -0.15) is 0 Å². The van der Waals surface area contributed by atoms with Crippen molar-refractivity contribution in [2.75, 3.05) is 6.61 Å². The van der Waals surface area contributed by atoms with Crippen LogP contribution in [-0.4, -0.2) is 27.7 Å². The van der Waals surface area contributed by atoms with Gasteiger partial charge in [0.05, 0.1) is 12.1 Å². The van der Waals surface area contributed by atoms with Crippen LogP contribution in [0.3, 0.4) is 0 Å². The van der Waals surface area contributed by atoms with Crippen molar-refractivity contribution in [2.24, 2.45) is 5.92 Å². The molecule has 0 aliphatic heterocycles. The molecule has 2 aliphatic carbocycles. The zero-order valence-electron chi connectivity index (χ0n) is 12.1. The van der Waals surface area contributed by atoms with Gasteiger partial charge in [0.25, 0.3) is 5.91 Å². The van der Waals surface area contributed by atoms with Crippen LogP contribution in [0.2, 0.25) is 0 Å². The molecule has 1 aromatic rings. The fraction of sp³-hybridized carbons (Fsp3) is 0.688. The molecule has 2 saturated carbocycles. The molecular weight excluding hydrogens is 252 g/mol. The summed E-state index contributed by atoms with van der Waals surface area (Å²) in [5, 5.41) is 12.9. The second-order valence-corrected chi connectivity index (χ2v) is 6.63. The van der Waals surface area contributed by atoms with Crippen LogP contribution in [0.4, 0.5) is 0 Å². The van der Waals surface area contributed by atoms with Crippen LogP contribution in [0, 0.1) is 5.92 Å². The van der Waals surface area contributed by atoms with E-state index >= 15 is 0 Å². The van der Waals surface area contributed by atoms with Gasteiger partial charge in [-0.3, -0.25) is 4.79 Å². The van der Waals surface area contributed by atoms with Gasteiger partial charge in [0.1, 0.15) is 5.69 Å². The summed E-state index contributed by atoms with van der Waals surface area (Å²) in [6.45, 7) is 2.23. The van der Waals surface area contributed by atoms with E-state index in [0.717, 1.165) is 37.8 Å². The Morgan fingerprint density at radius 3 is 2.95 bits per heavy atom. The Kier molecular flexibility index (Phi) is 3.59. The van der Waals surface area contributed by atoms with Crippen molar-refractivity contribution >= 4 is 5.91 Å². The summed E-state index contributed by atoms with van der Waals surface area (Å²) in [7, 11) is 0. The number of aromatic nitrogens is 1. The molecule has 0 saturated heterocycles. The summed E-state index contributed by atoms with van der Waals surface area (Å²) in [4.78, 5) is 12.6. The molecule has 110 valence electrons. The van der Waals surface area contributed by atoms with Crippen LogP contribution >= 0.6 is 0 Å². The van der Waals surface area contributed by atoms with E-state index in [4.69, 9.17) is 0 Å². The van der Waals surface area contributed by atoms with Crippen molar-refractivity contribution in [3.63, 3.8) is 0 Å². The van der Waals surface area contributed by atoms with E-state index in [2.05, 4.69) is 16.8 Å². The number of rotatable bonds is 4. The van der Waals surface area contributed by atoms with Crippen molar-refractivity contribution in [1.82, 2.24) is 9.88 Å². The van der Waals surface area contributed by atoms with Gasteiger partial charge in [0.15, 0.2) is 0 Å². The maximum atomic E-state index is 12.6. The normalized spacial score (nSPS) is 30.2. The Hall–Kier alpha value is -1.29. The van der Waals surface area contributed by atoms with Crippen molar-refractivity contribution in [3.8, 4) is 0 Å². The van der Waals surface area contributed by atoms with Crippen LogP contribution in [0.1, 0.15) is 62.0 Å². The van der Waals surface area contributed by atoms with E-state index in [9.17, 15) is 9.90 Å². The van der Waals surface area contributed by atoms with Crippen molar-refractivity contribution in [1.29, 1.82) is 0 Å². The molecule has 20 heavy (non-hydrogen) atoms. The number of nitrogens with zero attached hydrogens (tertiary/aromatic N) is 1. The molecule has 1 heterocycles. The molecule has 3 rings (SSSR count). The predicted molar refractivity (Wildman–Crippen MR) is 77.6 cm³/mol. The molecule has 0 spiro atoms. The number of carbonyl (C=O) groups excluding carboxylic acids is 1. The first-order chi connectivity index (χ1) is 9.63. The highest BCUT2D eigenvalue weighted by atomic mass is 16.3. The average Bonchev–Trinajstić information content (AvgIpc) is 3.15. The number of hydrogen-bond donors (Lipinski definition) is 2. The Bertz CT molecular complexity index is 492. The fourth-order valence-electron chi connectivity index (χ4n) is 3.52. The Morgan fingerprint density at radius 2 is 2.30 bits per heavy atom. The smallest absolute Gasteiger partial charge is 0.268 e. The summed E-state index contributed by atoms with van der Waals surface area (Å²) in [6, 6.07) is 4.31. The molecular formula is C16H24N2O2. The van der Waals surface area contributed by atoms with Gasteiger partial charge in [-0.25, -0.2) is 0 Å². The summed E-state index contributed by atoms with van der Waals surface area (Å²) >= 11 is 0. The Morgan fingerprint density at radius 1 is 1.50 bits per heavy atom. The molecule has 0 radical (unpaired) electrons. The SMILES string of the molecule is CC1CCCC(CO)(NC(=O)c2cccn2C2CC2)C1. The van der Waals surface area contributed by atoms with Crippen molar-refractivity contribution in [3.05, 3.63) is 24.0 Å². The molecule has 2 aliphatic rings. The minimum absolute atomic E-state index is 0.0349. The molecule has 1 aromatic heterocycles. The van der Waals surface area contributed by atoms with Gasteiger partial charge in [0.2, 0.25) is 0 Å². The largest absolute Gasteiger partial charge is 0.394 e. The first-order valence-corrected chi connectivity index (χ1v) is 7.74. The Labute approximate surface area is 120 Å². The topological polar surface area (TPSA) is 54.3 Å². The number of hydrogen-bond acceptors (Lipinski definition) is 2. The lowest BCUT2D eigenvalue weighted by molar-refractivity contribution is 0.0689. The lowest BCUT2D eigenvalue weighted by Crippen LogP contribution is -2.54. The second kappa shape index (κ2) is 5.24. The van der Waals surface area contributed by atoms with Gasteiger partial charge in [-0.05, 0) is 43.7 Å². The molecule has 1 amide bonds. The maximum absolute atomic E-state index is 12.6. The summed E-state index contributed by atoms with van der Waals surface area (Å²) in [5.74, 6) is 0.525. The quantitative estimate of drug-likeness (QED) is 0.887. The monoisotopic (exact) mass is 276 g/mol. The van der Waals surface area contributed by atoms with Gasteiger partial charge in [-0.1, -0.05) is 19.8 Å². The molecule has 2 atom stereocenters. The summed E-state index contributed by atoms with van der Waals surface area (Å²) in [6.07, 6.45) is 8.33. The van der Waals surface area contributed by atoms with E-state index in [-0.39, 0.29) is 12.5 Å². The van der Waals surface area contributed by atoms with Crippen LogP contribution in [-0.2, 0) is 0 Å². The first kappa shape index (κ1) is 13.7. The Balaban J connectivity index is 1.75. The highest BCUT2D eigenvalue weighted by Gasteiger charge is 2.37. The molecule has 4 heteroatoms. The zero-order valence-corrected chi connectivity index (χ0v) is 12.1. The number of amides is 1. The number of aliphatic hydroxyl groups excluding tert-OH is 1. The molecule has 0 bridgehead atoms. The van der Waals surface area contributed by atoms with Crippen LogP contribution in [0.15, 0.2) is 18.3 Å². The molecule has 0 aromatic carbocycles. The lowest BCUT2D eigenvalue weighted by Gasteiger charge is -2.39. The van der Waals surface area contributed by atoms with Crippen LogP contribution in [0.25, 0.3) is 0 Å². The molecule has 2 unspecified atom stereocenters. The van der Waals surface area contributed by atoms with E-state index in [1.807, 2.05) is 18.3 Å². The number of aliphatic hydroxyl groups is 1. The van der Waals surface area contributed by atoms with Gasteiger partial charge >= 0.3 is 0 Å². The van der Waals surface area contributed by atoms with Crippen molar-refractivity contribution < 1.29 is 9.90 Å². The zero-order chi connectivity index (χ0) is 14.2. The third-order valence-corrected chi connectivity index (χ3v) is 4.72. The summed E-state index contributed by atoms with van der Waals surface area (Å²) in [5.41, 5.74) is 0.312. The van der Waals surface area contributed by atoms with Gasteiger partial charge < -0.3 is 15.0 Å². The van der Waals surface area contributed by atoms with Gasteiger partial charge in [0, 0.05) is 12.2 Å². The third kappa shape index (κ3) is 2.62. The maximum Gasteiger partial charge on any atom is 0.268 e. The number of carbonyl (C=O) groups is 1. The molecule has 2 fully saturated rings. The number of nitrogens with one attached hydrogen (secondary N) is 1. The minimum Gasteiger partial charge on any atom is -0.394 e. The molecule has 2 N–H and O–H groups in total. The average molecular weight is 276 g/mol. The second-order valence-electron chi connectivity index (χ2n) is 6.63. The van der Waals surface area contributed by atoms with E-state index in [1.54, 1.807) is 0 Å². The van der Waals surface area contributed by atoms with Crippen LogP contribution in [0.5, 0.6) is 0 Å². The fourth-order valence-corrected chi connectivity index (χ4v) is 3.52. The van der Waals surface area contributed by atoms with Gasteiger partial charge in [-0.15, -0.1) is 0 Å². The molecule has 4 nitrogen and oxygen atoms in total. The van der Waals surface area contributed by atoms with E-state index in [1.165, 1.54) is 6.42 Å². The van der Waals surface area contributed by atoms with Crippen LogP contribution < -0.4 is 5.32 Å². The standard InChI is InChI=1S/C16H24N2O2/c1-12-4-2-8-16(10-12,11-19)17-15(20)14-5-3-9-18(14)13-6-7-13/h3,5,9,12-13,19H,2,4,6-8,10-11H2,1H3,(H,17,20).